The van der Waals surface area contributed by atoms with E-state index in [0.29, 0.717) is 5.56 Å². The van der Waals surface area contributed by atoms with Gasteiger partial charge < -0.3 is 9.64 Å². The number of ether oxygens (including phenoxy) is 1. The Morgan fingerprint density at radius 2 is 1.68 bits per heavy atom. The fourth-order valence-electron chi connectivity index (χ4n) is 2.22. The van der Waals surface area contributed by atoms with Crippen LogP contribution in [0, 0.1) is 6.92 Å². The van der Waals surface area contributed by atoms with Gasteiger partial charge in [-0.2, -0.15) is 0 Å². The van der Waals surface area contributed by atoms with E-state index in [-0.39, 0.29) is 12.1 Å². The minimum atomic E-state index is -0.271. The molecule has 0 aliphatic carbocycles. The predicted octanol–water partition coefficient (Wildman–Crippen LogP) is 3.84. The molecule has 22 heavy (non-hydrogen) atoms. The van der Waals surface area contributed by atoms with Gasteiger partial charge in [0, 0.05) is 13.0 Å². The average molecular weight is 297 g/mol. The van der Waals surface area contributed by atoms with Crippen LogP contribution in [0.3, 0.4) is 0 Å². The zero-order valence-corrected chi connectivity index (χ0v) is 13.5. The highest BCUT2D eigenvalue weighted by atomic mass is 16.5. The molecule has 0 unspecified atom stereocenters. The van der Waals surface area contributed by atoms with Crippen molar-refractivity contribution >= 4 is 5.97 Å². The van der Waals surface area contributed by atoms with Gasteiger partial charge in [0.25, 0.3) is 0 Å². The van der Waals surface area contributed by atoms with Gasteiger partial charge in [0.2, 0.25) is 0 Å². The summed E-state index contributed by atoms with van der Waals surface area (Å²) < 4.78 is 5.75. The number of benzene rings is 2. The summed E-state index contributed by atoms with van der Waals surface area (Å²) in [6.45, 7) is 2.86. The highest BCUT2D eigenvalue weighted by molar-refractivity contribution is 5.89. The first kappa shape index (κ1) is 16.2. The Bertz CT molecular complexity index is 591. The van der Waals surface area contributed by atoms with Crippen molar-refractivity contribution in [2.24, 2.45) is 0 Å². The average Bonchev–Trinajstić information content (AvgIpc) is 2.52. The third kappa shape index (κ3) is 4.71. The van der Waals surface area contributed by atoms with E-state index in [1.807, 2.05) is 75.6 Å². The van der Waals surface area contributed by atoms with E-state index < -0.39 is 0 Å². The first-order chi connectivity index (χ1) is 10.6. The van der Waals surface area contributed by atoms with Crippen molar-refractivity contribution in [2.45, 2.75) is 19.4 Å². The zero-order chi connectivity index (χ0) is 15.9. The molecule has 2 aromatic rings. The van der Waals surface area contributed by atoms with Crippen LogP contribution in [0.2, 0.25) is 0 Å². The molecule has 0 N–H and O–H groups in total. The van der Waals surface area contributed by atoms with Crippen molar-refractivity contribution in [1.82, 2.24) is 4.90 Å². The summed E-state index contributed by atoms with van der Waals surface area (Å²) in [6, 6.07) is 17.4. The van der Waals surface area contributed by atoms with Gasteiger partial charge in [0.1, 0.15) is 6.10 Å². The molecule has 2 aromatic carbocycles. The number of aryl methyl sites for hydroxylation is 1. The van der Waals surface area contributed by atoms with Crippen LogP contribution in [0.1, 0.15) is 34.0 Å². The largest absolute Gasteiger partial charge is 0.454 e. The summed E-state index contributed by atoms with van der Waals surface area (Å²) in [4.78, 5) is 14.4. The van der Waals surface area contributed by atoms with Gasteiger partial charge in [-0.1, -0.05) is 48.0 Å². The zero-order valence-electron chi connectivity index (χ0n) is 13.5. The Kier molecular flexibility index (Phi) is 5.73. The number of hydrogen-bond acceptors (Lipinski definition) is 3. The quantitative estimate of drug-likeness (QED) is 0.759. The summed E-state index contributed by atoms with van der Waals surface area (Å²) >= 11 is 0. The lowest BCUT2D eigenvalue weighted by molar-refractivity contribution is 0.0261. The van der Waals surface area contributed by atoms with E-state index in [1.165, 1.54) is 0 Å². The molecular weight excluding hydrogens is 274 g/mol. The maximum atomic E-state index is 12.3. The van der Waals surface area contributed by atoms with Crippen molar-refractivity contribution in [3.05, 3.63) is 71.3 Å². The number of carbonyl (C=O) groups is 1. The van der Waals surface area contributed by atoms with Gasteiger partial charge in [-0.3, -0.25) is 0 Å². The second-order valence-corrected chi connectivity index (χ2v) is 5.76. The first-order valence-corrected chi connectivity index (χ1v) is 7.53. The highest BCUT2D eigenvalue weighted by Crippen LogP contribution is 2.23. The third-order valence-corrected chi connectivity index (χ3v) is 3.55. The Balaban J connectivity index is 2.11. The Morgan fingerprint density at radius 1 is 1.05 bits per heavy atom. The maximum Gasteiger partial charge on any atom is 0.338 e. The number of rotatable bonds is 6. The Labute approximate surface area is 132 Å². The molecule has 2 rings (SSSR count). The first-order valence-electron chi connectivity index (χ1n) is 7.53. The van der Waals surface area contributed by atoms with Gasteiger partial charge in [-0.05, 0) is 38.7 Å². The molecule has 3 nitrogen and oxygen atoms in total. The van der Waals surface area contributed by atoms with Crippen LogP contribution in [-0.4, -0.2) is 31.5 Å². The molecule has 0 aromatic heterocycles. The van der Waals surface area contributed by atoms with Gasteiger partial charge in [0.05, 0.1) is 5.56 Å². The van der Waals surface area contributed by atoms with Crippen LogP contribution in [0.4, 0.5) is 0 Å². The third-order valence-electron chi connectivity index (χ3n) is 3.55. The molecule has 0 spiro atoms. The fourth-order valence-corrected chi connectivity index (χ4v) is 2.22. The molecule has 0 fully saturated rings. The van der Waals surface area contributed by atoms with Gasteiger partial charge in [-0.15, -0.1) is 0 Å². The van der Waals surface area contributed by atoms with Crippen molar-refractivity contribution in [3.63, 3.8) is 0 Å². The Hall–Kier alpha value is -2.13. The van der Waals surface area contributed by atoms with Crippen LogP contribution in [0.5, 0.6) is 0 Å². The van der Waals surface area contributed by atoms with Gasteiger partial charge >= 0.3 is 5.97 Å². The van der Waals surface area contributed by atoms with Crippen LogP contribution >= 0.6 is 0 Å². The van der Waals surface area contributed by atoms with Crippen LogP contribution in [0.25, 0.3) is 0 Å². The molecule has 0 aliphatic rings. The highest BCUT2D eigenvalue weighted by Gasteiger charge is 2.18. The summed E-state index contributed by atoms with van der Waals surface area (Å²) in [7, 11) is 4.04. The second-order valence-electron chi connectivity index (χ2n) is 5.76. The van der Waals surface area contributed by atoms with Crippen LogP contribution in [0.15, 0.2) is 54.6 Å². The SMILES string of the molecule is Cc1ccc(C(=O)O[C@@H](CCN(C)C)c2ccccc2)cc1. The monoisotopic (exact) mass is 297 g/mol. The number of esters is 1. The molecule has 0 saturated carbocycles. The minimum Gasteiger partial charge on any atom is -0.454 e. The molecule has 116 valence electrons. The number of hydrogen-bond donors (Lipinski definition) is 0. The Morgan fingerprint density at radius 3 is 2.27 bits per heavy atom. The molecule has 0 amide bonds. The second kappa shape index (κ2) is 7.76. The maximum absolute atomic E-state index is 12.3. The molecule has 0 saturated heterocycles. The van der Waals surface area contributed by atoms with Gasteiger partial charge in [0.15, 0.2) is 0 Å². The molecule has 0 bridgehead atoms. The smallest absolute Gasteiger partial charge is 0.338 e. The van der Waals surface area contributed by atoms with Crippen molar-refractivity contribution in [2.75, 3.05) is 20.6 Å². The summed E-state index contributed by atoms with van der Waals surface area (Å²) in [6.07, 6.45) is 0.548. The summed E-state index contributed by atoms with van der Waals surface area (Å²) in [5.41, 5.74) is 2.75. The predicted molar refractivity (Wildman–Crippen MR) is 88.9 cm³/mol. The van der Waals surface area contributed by atoms with E-state index in [9.17, 15) is 4.79 Å². The van der Waals surface area contributed by atoms with Crippen molar-refractivity contribution in [3.8, 4) is 0 Å². The lowest BCUT2D eigenvalue weighted by Crippen LogP contribution is -2.19. The molecular formula is C19H23NO2. The van der Waals surface area contributed by atoms with Crippen LogP contribution < -0.4 is 0 Å². The number of carbonyl (C=O) groups excluding carboxylic acids is 1. The fraction of sp³-hybridized carbons (Fsp3) is 0.316. The normalized spacial score (nSPS) is 12.2. The standard InChI is InChI=1S/C19H23NO2/c1-15-9-11-17(12-10-15)19(21)22-18(13-14-20(2)3)16-7-5-4-6-8-16/h4-12,18H,13-14H2,1-3H3/t18-/m0/s1. The molecule has 0 heterocycles. The van der Waals surface area contributed by atoms with Crippen molar-refractivity contribution in [1.29, 1.82) is 0 Å². The lowest BCUT2D eigenvalue weighted by Gasteiger charge is -2.20. The van der Waals surface area contributed by atoms with E-state index in [2.05, 4.69) is 4.90 Å². The lowest BCUT2D eigenvalue weighted by atomic mass is 10.1. The van der Waals surface area contributed by atoms with E-state index in [1.54, 1.807) is 0 Å². The van der Waals surface area contributed by atoms with Gasteiger partial charge in [-0.25, -0.2) is 4.79 Å². The summed E-state index contributed by atoms with van der Waals surface area (Å²) in [5, 5.41) is 0. The topological polar surface area (TPSA) is 29.5 Å². The van der Waals surface area contributed by atoms with Crippen molar-refractivity contribution < 1.29 is 9.53 Å². The summed E-state index contributed by atoms with van der Waals surface area (Å²) in [5.74, 6) is -0.271. The minimum absolute atomic E-state index is 0.225. The van der Waals surface area contributed by atoms with E-state index in [4.69, 9.17) is 4.74 Å². The molecule has 0 radical (unpaired) electrons. The van der Waals surface area contributed by atoms with E-state index in [0.717, 1.165) is 24.1 Å². The molecule has 1 atom stereocenters. The van der Waals surface area contributed by atoms with Crippen LogP contribution in [-0.2, 0) is 4.74 Å². The molecule has 0 aliphatic heterocycles. The van der Waals surface area contributed by atoms with E-state index >= 15 is 0 Å². The number of nitrogens with zero attached hydrogens (tertiary/aromatic N) is 1. The molecule has 3 heteroatoms.